The van der Waals surface area contributed by atoms with Crippen LogP contribution in [0, 0.1) is 26.2 Å². The number of anilines is 1. The van der Waals surface area contributed by atoms with Gasteiger partial charge in [0.2, 0.25) is 5.91 Å². The number of nitrogens with zero attached hydrogens (tertiary/aromatic N) is 2. The topological polar surface area (TPSA) is 65.8 Å². The zero-order chi connectivity index (χ0) is 21.0. The van der Waals surface area contributed by atoms with Crippen molar-refractivity contribution in [3.8, 4) is 6.07 Å². The summed E-state index contributed by atoms with van der Waals surface area (Å²) in [6.07, 6.45) is 4.20. The first-order valence-corrected chi connectivity index (χ1v) is 12.0. The molecule has 1 aliphatic rings. The Morgan fingerprint density at radius 2 is 2.17 bits per heavy atom. The number of rotatable bonds is 6. The predicted octanol–water partition coefficient (Wildman–Crippen LogP) is 5.83. The van der Waals surface area contributed by atoms with Gasteiger partial charge in [0.05, 0.1) is 17.0 Å². The largest absolute Gasteiger partial charge is 0.324 e. The van der Waals surface area contributed by atoms with E-state index in [0.717, 1.165) is 40.6 Å². The average Bonchev–Trinajstić information content (AvgIpc) is 2.72. The van der Waals surface area contributed by atoms with E-state index in [2.05, 4.69) is 54.7 Å². The van der Waals surface area contributed by atoms with E-state index in [1.165, 1.54) is 17.3 Å². The molecule has 1 amide bonds. The van der Waals surface area contributed by atoms with Crippen LogP contribution in [0.4, 0.5) is 5.69 Å². The number of carbonyl (C=O) groups is 1. The lowest BCUT2D eigenvalue weighted by Gasteiger charge is -2.37. The summed E-state index contributed by atoms with van der Waals surface area (Å²) in [6, 6.07) is 12.0. The second-order valence-electron chi connectivity index (χ2n) is 8.16. The number of thioether (sulfide) groups is 1. The Morgan fingerprint density at radius 1 is 1.41 bits per heavy atom. The molecule has 1 unspecified atom stereocenters. The molecule has 0 bridgehead atoms. The summed E-state index contributed by atoms with van der Waals surface area (Å²) in [5, 5.41) is 13.2. The van der Waals surface area contributed by atoms with Crippen molar-refractivity contribution in [2.24, 2.45) is 11.3 Å². The van der Waals surface area contributed by atoms with Crippen LogP contribution in [0.1, 0.15) is 50.4 Å². The van der Waals surface area contributed by atoms with Crippen LogP contribution in [-0.4, -0.2) is 16.6 Å². The number of hydrogen-bond donors (Lipinski definition) is 1. The minimum Gasteiger partial charge on any atom is -0.324 e. The number of para-hydroxylation sites is 1. The molecular formula is C23H26IN3OS. The van der Waals surface area contributed by atoms with E-state index in [1.807, 2.05) is 30.3 Å². The van der Waals surface area contributed by atoms with Crippen LogP contribution < -0.4 is 5.32 Å². The van der Waals surface area contributed by atoms with Gasteiger partial charge in [0.15, 0.2) is 0 Å². The number of pyridine rings is 1. The third-order valence-electron chi connectivity index (χ3n) is 5.98. The Bertz CT molecular complexity index is 952. The van der Waals surface area contributed by atoms with Crippen molar-refractivity contribution >= 4 is 45.9 Å². The highest BCUT2D eigenvalue weighted by Gasteiger charge is 2.32. The number of nitrogens with one attached hydrogen (secondary N) is 1. The van der Waals surface area contributed by atoms with Gasteiger partial charge < -0.3 is 5.32 Å². The van der Waals surface area contributed by atoms with Gasteiger partial charge in [-0.05, 0) is 76.9 Å². The summed E-state index contributed by atoms with van der Waals surface area (Å²) < 4.78 is 0.998. The lowest BCUT2D eigenvalue weighted by molar-refractivity contribution is -0.113. The number of amides is 1. The quantitative estimate of drug-likeness (QED) is 0.385. The van der Waals surface area contributed by atoms with E-state index in [0.29, 0.717) is 21.9 Å². The molecule has 1 aliphatic carbocycles. The van der Waals surface area contributed by atoms with Crippen LogP contribution in [0.15, 0.2) is 35.4 Å². The third-order valence-corrected chi connectivity index (χ3v) is 7.91. The molecule has 1 heterocycles. The fourth-order valence-electron chi connectivity index (χ4n) is 3.67. The number of benzene rings is 1. The van der Waals surface area contributed by atoms with Gasteiger partial charge in [-0.15, -0.1) is 0 Å². The van der Waals surface area contributed by atoms with E-state index in [9.17, 15) is 10.1 Å². The molecule has 1 N–H and O–H groups in total. The highest BCUT2D eigenvalue weighted by atomic mass is 127. The first kappa shape index (κ1) is 22.1. The van der Waals surface area contributed by atoms with Crippen LogP contribution in [0.25, 0.3) is 0 Å². The van der Waals surface area contributed by atoms with Crippen LogP contribution in [0.5, 0.6) is 0 Å². The first-order chi connectivity index (χ1) is 13.8. The zero-order valence-corrected chi connectivity index (χ0v) is 20.1. The second kappa shape index (κ2) is 9.48. The number of fused-ring (bicyclic) bond motifs is 1. The molecule has 3 rings (SSSR count). The molecule has 0 fully saturated rings. The zero-order valence-electron chi connectivity index (χ0n) is 17.1. The lowest BCUT2D eigenvalue weighted by atomic mass is 9.69. The van der Waals surface area contributed by atoms with E-state index >= 15 is 0 Å². The minimum atomic E-state index is -0.0905. The number of hydrogen-bond acceptors (Lipinski definition) is 4. The Hall–Kier alpha value is -1.59. The number of aromatic nitrogens is 1. The standard InChI is InChI=1S/C23H26IN3OS/c1-4-23(2,3)17-9-10-19-15(12-17)11-16(13-25)22(27-19)29-14-21(28)26-20-8-6-5-7-18(20)24/h5-8,11,17H,4,9-10,12,14H2,1-3H3,(H,26,28). The molecule has 2 aromatic rings. The van der Waals surface area contributed by atoms with E-state index in [4.69, 9.17) is 4.98 Å². The maximum absolute atomic E-state index is 12.4. The molecule has 0 aliphatic heterocycles. The van der Waals surface area contributed by atoms with Crippen molar-refractivity contribution in [3.05, 3.63) is 50.7 Å². The van der Waals surface area contributed by atoms with Crippen molar-refractivity contribution in [1.82, 2.24) is 4.98 Å². The number of carbonyl (C=O) groups excluding carboxylic acids is 1. The summed E-state index contributed by atoms with van der Waals surface area (Å²) in [5.74, 6) is 0.759. The van der Waals surface area contributed by atoms with Crippen molar-refractivity contribution in [2.45, 2.75) is 51.5 Å². The summed E-state index contributed by atoms with van der Waals surface area (Å²) in [6.45, 7) is 6.91. The van der Waals surface area contributed by atoms with E-state index < -0.39 is 0 Å². The molecule has 152 valence electrons. The second-order valence-corrected chi connectivity index (χ2v) is 10.3. The van der Waals surface area contributed by atoms with Gasteiger partial charge in [0.25, 0.3) is 0 Å². The summed E-state index contributed by atoms with van der Waals surface area (Å²) >= 11 is 3.54. The van der Waals surface area contributed by atoms with Gasteiger partial charge in [-0.25, -0.2) is 4.98 Å². The average molecular weight is 519 g/mol. The molecule has 4 nitrogen and oxygen atoms in total. The van der Waals surface area contributed by atoms with Crippen molar-refractivity contribution in [2.75, 3.05) is 11.1 Å². The molecule has 6 heteroatoms. The van der Waals surface area contributed by atoms with Crippen LogP contribution in [0.3, 0.4) is 0 Å². The maximum Gasteiger partial charge on any atom is 0.234 e. The SMILES string of the molecule is CCC(C)(C)C1CCc2nc(SCC(=O)Nc3ccccc3I)c(C#N)cc2C1. The van der Waals surface area contributed by atoms with Gasteiger partial charge >= 0.3 is 0 Å². The Labute approximate surface area is 191 Å². The van der Waals surface area contributed by atoms with Gasteiger partial charge in [0.1, 0.15) is 11.1 Å². The predicted molar refractivity (Wildman–Crippen MR) is 127 cm³/mol. The fourth-order valence-corrected chi connectivity index (χ4v) is 4.97. The Morgan fingerprint density at radius 3 is 2.86 bits per heavy atom. The highest BCUT2D eigenvalue weighted by Crippen LogP contribution is 2.40. The van der Waals surface area contributed by atoms with Crippen LogP contribution >= 0.6 is 34.4 Å². The van der Waals surface area contributed by atoms with Crippen LogP contribution in [0.2, 0.25) is 0 Å². The van der Waals surface area contributed by atoms with Gasteiger partial charge in [-0.1, -0.05) is 51.1 Å². The maximum atomic E-state index is 12.4. The minimum absolute atomic E-state index is 0.0905. The first-order valence-electron chi connectivity index (χ1n) is 9.94. The lowest BCUT2D eigenvalue weighted by Crippen LogP contribution is -2.29. The molecule has 29 heavy (non-hydrogen) atoms. The van der Waals surface area contributed by atoms with Crippen LogP contribution in [-0.2, 0) is 17.6 Å². The van der Waals surface area contributed by atoms with Crippen molar-refractivity contribution < 1.29 is 4.79 Å². The fraction of sp³-hybridized carbons (Fsp3) is 0.435. The Balaban J connectivity index is 1.71. The summed E-state index contributed by atoms with van der Waals surface area (Å²) in [4.78, 5) is 17.1. The van der Waals surface area contributed by atoms with Gasteiger partial charge in [-0.2, -0.15) is 5.26 Å². The molecule has 0 saturated heterocycles. The van der Waals surface area contributed by atoms with Crippen molar-refractivity contribution in [3.63, 3.8) is 0 Å². The molecular weight excluding hydrogens is 493 g/mol. The van der Waals surface area contributed by atoms with Crippen molar-refractivity contribution in [1.29, 1.82) is 5.26 Å². The number of aryl methyl sites for hydroxylation is 1. The molecule has 1 aromatic carbocycles. The number of halogens is 1. The van der Waals surface area contributed by atoms with Gasteiger partial charge in [0, 0.05) is 9.26 Å². The molecule has 1 atom stereocenters. The van der Waals surface area contributed by atoms with Gasteiger partial charge in [-0.3, -0.25) is 4.79 Å². The Kier molecular flexibility index (Phi) is 7.23. The smallest absolute Gasteiger partial charge is 0.234 e. The molecule has 1 aromatic heterocycles. The molecule has 0 saturated carbocycles. The summed E-state index contributed by atoms with van der Waals surface area (Å²) in [5.41, 5.74) is 3.97. The summed E-state index contributed by atoms with van der Waals surface area (Å²) in [7, 11) is 0. The van der Waals surface area contributed by atoms with E-state index in [1.54, 1.807) is 0 Å². The van der Waals surface area contributed by atoms with E-state index in [-0.39, 0.29) is 11.7 Å². The third kappa shape index (κ3) is 5.32. The highest BCUT2D eigenvalue weighted by molar-refractivity contribution is 14.1. The number of nitriles is 1. The molecule has 0 radical (unpaired) electrons. The monoisotopic (exact) mass is 519 g/mol. The molecule has 0 spiro atoms. The normalized spacial score (nSPS) is 16.0.